The van der Waals surface area contributed by atoms with E-state index in [4.69, 9.17) is 55.9 Å². The van der Waals surface area contributed by atoms with E-state index >= 15 is 0 Å². The lowest BCUT2D eigenvalue weighted by Crippen LogP contribution is -2.41. The van der Waals surface area contributed by atoms with Gasteiger partial charge in [0.2, 0.25) is 5.88 Å². The smallest absolute Gasteiger partial charge is 0.339 e. The standard InChI is InChI=1S/C36H25Cl4N5O8/c1-3-52-35(50)24-18(32(47)42-30-26(24)29(46)28(41-30)20-14-16(37)10-12-21(20)39)8-6-5-7-9-19-25(36(51)53-4-2)27-31(43-33(19)48)44-45(34(27)49)23-15-17(38)11-13-22(23)40/h5-15,28,49H,3-4H2,1-2H3,(H,41,42,47)(H,43,44,48). The van der Waals surface area contributed by atoms with Crippen molar-refractivity contribution in [1.29, 1.82) is 0 Å². The lowest BCUT2D eigenvalue weighted by Gasteiger charge is -2.10. The Balaban J connectivity index is 1.43. The average molecular weight is 797 g/mol. The Morgan fingerprint density at radius 1 is 0.868 bits per heavy atom. The summed E-state index contributed by atoms with van der Waals surface area (Å²) in [6, 6.07) is 7.82. The highest BCUT2D eigenvalue weighted by molar-refractivity contribution is 6.35. The minimum Gasteiger partial charge on any atom is -0.493 e. The Morgan fingerprint density at radius 2 is 1.53 bits per heavy atom. The number of allylic oxidation sites excluding steroid dienone is 3. The fourth-order valence-corrected chi connectivity index (χ4v) is 6.45. The monoisotopic (exact) mass is 795 g/mol. The fraction of sp³-hybridized carbons (Fsp3) is 0.139. The van der Waals surface area contributed by atoms with Gasteiger partial charge in [-0.25, -0.2) is 9.59 Å². The van der Waals surface area contributed by atoms with Crippen LogP contribution in [0.5, 0.6) is 5.88 Å². The van der Waals surface area contributed by atoms with Gasteiger partial charge in [0.25, 0.3) is 11.1 Å². The van der Waals surface area contributed by atoms with Gasteiger partial charge in [-0.1, -0.05) is 64.6 Å². The van der Waals surface area contributed by atoms with Crippen LogP contribution in [0.15, 0.2) is 69.2 Å². The molecule has 0 amide bonds. The highest BCUT2D eigenvalue weighted by atomic mass is 35.5. The predicted molar refractivity (Wildman–Crippen MR) is 199 cm³/mol. The number of aromatic hydroxyl groups is 1. The molecule has 0 radical (unpaired) electrons. The van der Waals surface area contributed by atoms with Crippen molar-refractivity contribution in [1.82, 2.24) is 19.7 Å². The number of carbonyl (C=O) groups excluding carboxylic acids is 3. The number of esters is 2. The number of H-pyrrole nitrogens is 2. The van der Waals surface area contributed by atoms with E-state index in [0.717, 1.165) is 4.68 Å². The Hall–Kier alpha value is -5.47. The number of nitrogens with one attached hydrogen (secondary N) is 2. The lowest BCUT2D eigenvalue weighted by atomic mass is 9.97. The van der Waals surface area contributed by atoms with Crippen molar-refractivity contribution in [2.24, 2.45) is 4.99 Å². The number of halogens is 4. The van der Waals surface area contributed by atoms with E-state index in [0.29, 0.717) is 10.0 Å². The molecule has 4 heterocycles. The summed E-state index contributed by atoms with van der Waals surface area (Å²) < 4.78 is 11.5. The van der Waals surface area contributed by atoms with Crippen molar-refractivity contribution < 1.29 is 29.0 Å². The molecule has 1 unspecified atom stereocenters. The molecule has 3 N–H and O–H groups in total. The fourth-order valence-electron chi connectivity index (χ4n) is 5.68. The number of fused-ring (bicyclic) bond motifs is 2. The van der Waals surface area contributed by atoms with Gasteiger partial charge in [-0.2, -0.15) is 4.68 Å². The molecule has 5 aromatic rings. The maximum atomic E-state index is 13.7. The van der Waals surface area contributed by atoms with E-state index < -0.39 is 40.8 Å². The normalized spacial score (nSPS) is 14.3. The van der Waals surface area contributed by atoms with Crippen molar-refractivity contribution in [3.8, 4) is 11.6 Å². The minimum absolute atomic E-state index is 0.0407. The SMILES string of the molecule is CCOC(=O)c1c2c([nH]c(=O)c1=CC=CC=Cc1c(C(=O)OCC)c3c(O)n(-c4cc(Cl)ccc4Cl)nc3[nH]c1=O)=NC(c1cc(Cl)ccc1Cl)C2=O. The number of ether oxygens (including phenoxy) is 2. The van der Waals surface area contributed by atoms with Crippen LogP contribution < -0.4 is 21.8 Å². The summed E-state index contributed by atoms with van der Waals surface area (Å²) in [4.78, 5) is 76.2. The summed E-state index contributed by atoms with van der Waals surface area (Å²) >= 11 is 24.9. The second kappa shape index (κ2) is 15.2. The first-order chi connectivity index (χ1) is 25.4. The van der Waals surface area contributed by atoms with Crippen molar-refractivity contribution in [3.05, 3.63) is 134 Å². The minimum atomic E-state index is -1.17. The number of pyridine rings is 2. The molecule has 0 saturated carbocycles. The van der Waals surface area contributed by atoms with Gasteiger partial charge in [-0.3, -0.25) is 19.4 Å². The Kier molecular flexibility index (Phi) is 10.7. The average Bonchev–Trinajstić information content (AvgIpc) is 3.61. The first kappa shape index (κ1) is 37.3. The summed E-state index contributed by atoms with van der Waals surface area (Å²) in [7, 11) is 0. The number of hydrogen-bond donors (Lipinski definition) is 3. The van der Waals surface area contributed by atoms with Gasteiger partial charge in [-0.05, 0) is 62.4 Å². The van der Waals surface area contributed by atoms with E-state index in [1.54, 1.807) is 19.9 Å². The Morgan fingerprint density at radius 3 is 2.23 bits per heavy atom. The number of ketones is 1. The van der Waals surface area contributed by atoms with Crippen LogP contribution in [0.3, 0.4) is 0 Å². The highest BCUT2D eigenvalue weighted by Gasteiger charge is 2.35. The first-order valence-corrected chi connectivity index (χ1v) is 17.2. The van der Waals surface area contributed by atoms with Gasteiger partial charge < -0.3 is 24.5 Å². The number of rotatable bonds is 9. The maximum Gasteiger partial charge on any atom is 0.339 e. The van der Waals surface area contributed by atoms with E-state index in [9.17, 15) is 29.1 Å². The molecular formula is C36H25Cl4N5O8. The van der Waals surface area contributed by atoms with Crippen LogP contribution in [0, 0.1) is 0 Å². The lowest BCUT2D eigenvalue weighted by molar-refractivity contribution is 0.0515. The topological polar surface area (TPSA) is 186 Å². The summed E-state index contributed by atoms with van der Waals surface area (Å²) in [5, 5.41) is 16.2. The third-order valence-electron chi connectivity index (χ3n) is 7.94. The van der Waals surface area contributed by atoms with Gasteiger partial charge in [0.1, 0.15) is 11.5 Å². The molecule has 2 aromatic carbocycles. The molecular weight excluding hydrogens is 772 g/mol. The van der Waals surface area contributed by atoms with Gasteiger partial charge in [0, 0.05) is 20.6 Å². The largest absolute Gasteiger partial charge is 0.493 e. The van der Waals surface area contributed by atoms with E-state index in [1.165, 1.54) is 60.7 Å². The molecule has 0 spiro atoms. The number of benzene rings is 2. The summed E-state index contributed by atoms with van der Waals surface area (Å²) in [5.74, 6) is -2.97. The van der Waals surface area contributed by atoms with Crippen LogP contribution in [0.4, 0.5) is 0 Å². The Labute approximate surface area is 318 Å². The molecule has 270 valence electrons. The zero-order valence-electron chi connectivity index (χ0n) is 27.5. The van der Waals surface area contributed by atoms with Crippen LogP contribution in [0.2, 0.25) is 20.1 Å². The molecule has 6 rings (SSSR count). The van der Waals surface area contributed by atoms with Crippen LogP contribution in [-0.4, -0.2) is 55.8 Å². The molecule has 53 heavy (non-hydrogen) atoms. The molecule has 13 nitrogen and oxygen atoms in total. The third-order valence-corrected chi connectivity index (χ3v) is 9.07. The summed E-state index contributed by atoms with van der Waals surface area (Å²) in [6.45, 7) is 3.06. The number of Topliss-reactive ketones (excluding diaryl/α,β-unsaturated/α-hetero) is 1. The number of nitrogens with zero attached hydrogens (tertiary/aromatic N) is 3. The van der Waals surface area contributed by atoms with Gasteiger partial charge in [0.15, 0.2) is 11.4 Å². The van der Waals surface area contributed by atoms with E-state index in [2.05, 4.69) is 20.1 Å². The molecule has 3 aromatic heterocycles. The maximum absolute atomic E-state index is 13.7. The zero-order valence-corrected chi connectivity index (χ0v) is 30.5. The van der Waals surface area contributed by atoms with Crippen molar-refractivity contribution in [2.45, 2.75) is 19.9 Å². The zero-order chi connectivity index (χ0) is 38.1. The molecule has 0 aliphatic carbocycles. The third kappa shape index (κ3) is 7.03. The van der Waals surface area contributed by atoms with Crippen molar-refractivity contribution in [3.63, 3.8) is 0 Å². The van der Waals surface area contributed by atoms with Crippen LogP contribution in [0.1, 0.15) is 62.1 Å². The van der Waals surface area contributed by atoms with Gasteiger partial charge >= 0.3 is 11.9 Å². The quantitative estimate of drug-likeness (QED) is 0.125. The molecule has 17 heteroatoms. The van der Waals surface area contributed by atoms with E-state index in [1.807, 2.05) is 0 Å². The van der Waals surface area contributed by atoms with Crippen LogP contribution in [-0.2, 0) is 9.47 Å². The summed E-state index contributed by atoms with van der Waals surface area (Å²) in [5.41, 5.74) is -2.18. The number of hydrogen-bond acceptors (Lipinski definition) is 10. The van der Waals surface area contributed by atoms with Gasteiger partial charge in [-0.15, -0.1) is 5.10 Å². The Bertz CT molecular complexity index is 2680. The molecule has 0 fully saturated rings. The second-order valence-electron chi connectivity index (χ2n) is 11.2. The number of carbonyl (C=O) groups is 3. The summed E-state index contributed by atoms with van der Waals surface area (Å²) in [6.07, 6.45) is 6.68. The molecule has 1 atom stereocenters. The molecule has 0 bridgehead atoms. The van der Waals surface area contributed by atoms with Crippen LogP contribution in [0.25, 0.3) is 28.9 Å². The van der Waals surface area contributed by atoms with Crippen molar-refractivity contribution >= 4 is 87.3 Å². The molecule has 0 saturated heterocycles. The van der Waals surface area contributed by atoms with Crippen molar-refractivity contribution in [2.75, 3.05) is 13.2 Å². The van der Waals surface area contributed by atoms with Gasteiger partial charge in [0.05, 0.1) is 56.8 Å². The molecule has 1 aliphatic heterocycles. The second-order valence-corrected chi connectivity index (χ2v) is 12.9. The first-order valence-electron chi connectivity index (χ1n) is 15.7. The van der Waals surface area contributed by atoms with Crippen LogP contribution >= 0.6 is 46.4 Å². The number of aromatic amines is 2. The molecule has 1 aliphatic rings. The predicted octanol–water partition coefficient (Wildman–Crippen LogP) is 5.68. The number of aromatic nitrogens is 4. The highest BCUT2D eigenvalue weighted by Crippen LogP contribution is 2.35. The van der Waals surface area contributed by atoms with E-state index in [-0.39, 0.29) is 78.5 Å².